The van der Waals surface area contributed by atoms with E-state index < -0.39 is 5.91 Å². The third kappa shape index (κ3) is 4.12. The molecule has 1 heterocycles. The van der Waals surface area contributed by atoms with Crippen LogP contribution in [0.5, 0.6) is 6.01 Å². The Hall–Kier alpha value is -2.99. The molecule has 3 aromatic rings. The largest absolute Gasteiger partial charge is 0.467 e. The number of primary amides is 1. The number of carbonyl (C=O) groups is 1. The lowest BCUT2D eigenvalue weighted by molar-refractivity contribution is 0.100. The van der Waals surface area contributed by atoms with Crippen LogP contribution in [0.3, 0.4) is 0 Å². The van der Waals surface area contributed by atoms with Gasteiger partial charge >= 0.3 is 6.01 Å². The van der Waals surface area contributed by atoms with Crippen molar-refractivity contribution in [3.8, 4) is 28.8 Å². The van der Waals surface area contributed by atoms with E-state index in [1.807, 2.05) is 18.2 Å². The number of nitrogens with zero attached hydrogens (tertiary/aromatic N) is 3. The summed E-state index contributed by atoms with van der Waals surface area (Å²) in [6.07, 6.45) is 0. The second kappa shape index (κ2) is 7.56. The van der Waals surface area contributed by atoms with E-state index in [1.54, 1.807) is 18.2 Å². The Balaban J connectivity index is 2.17. The number of hydrogen-bond donors (Lipinski definition) is 1. The molecule has 7 heteroatoms. The van der Waals surface area contributed by atoms with Crippen LogP contribution in [0.1, 0.15) is 36.7 Å². The maximum atomic E-state index is 11.5. The highest BCUT2D eigenvalue weighted by atomic mass is 35.5. The van der Waals surface area contributed by atoms with E-state index in [9.17, 15) is 4.79 Å². The molecule has 0 saturated heterocycles. The quantitative estimate of drug-likeness (QED) is 0.711. The Bertz CT molecular complexity index is 1040. The Kier molecular flexibility index (Phi) is 5.34. The van der Waals surface area contributed by atoms with E-state index in [-0.39, 0.29) is 11.4 Å². The van der Waals surface area contributed by atoms with Gasteiger partial charge < -0.3 is 10.5 Å². The van der Waals surface area contributed by atoms with E-state index in [0.29, 0.717) is 27.8 Å². The van der Waals surface area contributed by atoms with Gasteiger partial charge in [-0.1, -0.05) is 50.6 Å². The van der Waals surface area contributed by atoms with Crippen LogP contribution >= 0.6 is 11.6 Å². The topological polar surface area (TPSA) is 91.0 Å². The van der Waals surface area contributed by atoms with Gasteiger partial charge in [0, 0.05) is 16.7 Å². The molecule has 6 nitrogen and oxygen atoms in total. The molecule has 0 unspecified atom stereocenters. The van der Waals surface area contributed by atoms with Crippen LogP contribution in [-0.2, 0) is 5.41 Å². The smallest absolute Gasteiger partial charge is 0.320 e. The summed E-state index contributed by atoms with van der Waals surface area (Å²) in [4.78, 5) is 24.8. The number of benzene rings is 2. The molecule has 28 heavy (non-hydrogen) atoms. The maximum Gasteiger partial charge on any atom is 0.320 e. The van der Waals surface area contributed by atoms with Crippen molar-refractivity contribution in [3.63, 3.8) is 0 Å². The number of hydrogen-bond acceptors (Lipinski definition) is 5. The van der Waals surface area contributed by atoms with Gasteiger partial charge in [-0.05, 0) is 35.2 Å². The summed E-state index contributed by atoms with van der Waals surface area (Å²) in [5.74, 6) is 0.196. The second-order valence-electron chi connectivity index (χ2n) is 7.36. The monoisotopic (exact) mass is 396 g/mol. The summed E-state index contributed by atoms with van der Waals surface area (Å²) in [5.41, 5.74) is 8.14. The third-order valence-corrected chi connectivity index (χ3v) is 4.61. The van der Waals surface area contributed by atoms with Crippen LogP contribution < -0.4 is 10.5 Å². The number of nitrogens with two attached hydrogens (primary N) is 1. The zero-order chi connectivity index (χ0) is 20.5. The van der Waals surface area contributed by atoms with Gasteiger partial charge in [-0.25, -0.2) is 4.98 Å². The van der Waals surface area contributed by atoms with Crippen molar-refractivity contribution in [1.82, 2.24) is 15.0 Å². The minimum Gasteiger partial charge on any atom is -0.467 e. The summed E-state index contributed by atoms with van der Waals surface area (Å²) in [6, 6.07) is 12.9. The molecular formula is C21H21ClN4O2. The summed E-state index contributed by atoms with van der Waals surface area (Å²) < 4.78 is 5.26. The highest BCUT2D eigenvalue weighted by Crippen LogP contribution is 2.30. The Labute approximate surface area is 168 Å². The van der Waals surface area contributed by atoms with Crippen molar-refractivity contribution in [1.29, 1.82) is 0 Å². The molecule has 0 fully saturated rings. The van der Waals surface area contributed by atoms with Crippen LogP contribution in [-0.4, -0.2) is 28.0 Å². The third-order valence-electron chi connectivity index (χ3n) is 4.28. The van der Waals surface area contributed by atoms with Crippen molar-refractivity contribution >= 4 is 17.5 Å². The van der Waals surface area contributed by atoms with Crippen molar-refractivity contribution in [2.75, 3.05) is 7.11 Å². The normalized spacial score (nSPS) is 11.3. The van der Waals surface area contributed by atoms with Gasteiger partial charge in [0.15, 0.2) is 11.6 Å². The first-order valence-corrected chi connectivity index (χ1v) is 9.07. The zero-order valence-corrected chi connectivity index (χ0v) is 16.9. The number of rotatable bonds is 4. The van der Waals surface area contributed by atoms with E-state index in [0.717, 1.165) is 11.1 Å². The molecule has 0 atom stereocenters. The van der Waals surface area contributed by atoms with Crippen LogP contribution in [0.25, 0.3) is 22.8 Å². The van der Waals surface area contributed by atoms with Gasteiger partial charge in [-0.2, -0.15) is 9.97 Å². The SMILES string of the molecule is COc1nc(-c2cccc(C(C)(C)C)c2)nc(-c2cc(C(N)=O)ccc2Cl)n1. The number of methoxy groups -OCH3 is 1. The van der Waals surface area contributed by atoms with Gasteiger partial charge in [-0.15, -0.1) is 0 Å². The lowest BCUT2D eigenvalue weighted by Gasteiger charge is -2.19. The van der Waals surface area contributed by atoms with Crippen LogP contribution in [0.15, 0.2) is 42.5 Å². The van der Waals surface area contributed by atoms with E-state index in [2.05, 4.69) is 41.8 Å². The lowest BCUT2D eigenvalue weighted by Crippen LogP contribution is -2.11. The number of ether oxygens (including phenoxy) is 1. The van der Waals surface area contributed by atoms with Crippen LogP contribution in [0.2, 0.25) is 5.02 Å². The maximum absolute atomic E-state index is 11.5. The van der Waals surface area contributed by atoms with E-state index in [1.165, 1.54) is 7.11 Å². The number of carbonyl (C=O) groups excluding carboxylic acids is 1. The molecular weight excluding hydrogens is 376 g/mol. The minimum atomic E-state index is -0.558. The van der Waals surface area contributed by atoms with Gasteiger partial charge in [0.2, 0.25) is 5.91 Å². The van der Waals surface area contributed by atoms with Gasteiger partial charge in [0.1, 0.15) is 0 Å². The van der Waals surface area contributed by atoms with E-state index >= 15 is 0 Å². The molecule has 0 aliphatic carbocycles. The van der Waals surface area contributed by atoms with Crippen molar-refractivity contribution in [3.05, 3.63) is 58.6 Å². The fourth-order valence-corrected chi connectivity index (χ4v) is 2.87. The molecule has 2 aromatic carbocycles. The predicted molar refractivity (Wildman–Crippen MR) is 109 cm³/mol. The summed E-state index contributed by atoms with van der Waals surface area (Å²) in [5, 5.41) is 0.396. The molecule has 2 N–H and O–H groups in total. The molecule has 0 aliphatic heterocycles. The van der Waals surface area contributed by atoms with E-state index in [4.69, 9.17) is 22.1 Å². The highest BCUT2D eigenvalue weighted by molar-refractivity contribution is 6.33. The molecule has 0 spiro atoms. The first kappa shape index (κ1) is 19.8. The highest BCUT2D eigenvalue weighted by Gasteiger charge is 2.18. The van der Waals surface area contributed by atoms with Crippen molar-refractivity contribution in [2.24, 2.45) is 5.73 Å². The number of amides is 1. The Morgan fingerprint density at radius 3 is 2.39 bits per heavy atom. The second-order valence-corrected chi connectivity index (χ2v) is 7.77. The zero-order valence-electron chi connectivity index (χ0n) is 16.2. The van der Waals surface area contributed by atoms with Crippen LogP contribution in [0.4, 0.5) is 0 Å². The van der Waals surface area contributed by atoms with Crippen molar-refractivity contribution < 1.29 is 9.53 Å². The molecule has 0 bridgehead atoms. The average molecular weight is 397 g/mol. The first-order chi connectivity index (χ1) is 13.2. The number of aromatic nitrogens is 3. The Morgan fingerprint density at radius 1 is 1.04 bits per heavy atom. The molecule has 1 amide bonds. The molecule has 1 aromatic heterocycles. The molecule has 0 saturated carbocycles. The van der Waals surface area contributed by atoms with Gasteiger partial charge in [-0.3, -0.25) is 4.79 Å². The molecule has 0 radical (unpaired) electrons. The lowest BCUT2D eigenvalue weighted by atomic mass is 9.86. The number of halogens is 1. The average Bonchev–Trinajstić information content (AvgIpc) is 2.67. The fraction of sp³-hybridized carbons (Fsp3) is 0.238. The predicted octanol–water partition coefficient (Wildman–Crippen LogP) is 4.26. The van der Waals surface area contributed by atoms with Crippen LogP contribution in [0, 0.1) is 0 Å². The fourth-order valence-electron chi connectivity index (χ4n) is 2.67. The molecule has 3 rings (SSSR count). The summed E-state index contributed by atoms with van der Waals surface area (Å²) in [6.45, 7) is 6.42. The first-order valence-electron chi connectivity index (χ1n) is 8.70. The van der Waals surface area contributed by atoms with Gasteiger partial charge in [0.05, 0.1) is 12.1 Å². The molecule has 144 valence electrons. The Morgan fingerprint density at radius 2 is 1.75 bits per heavy atom. The minimum absolute atomic E-state index is 0.0188. The van der Waals surface area contributed by atoms with Gasteiger partial charge in [0.25, 0.3) is 0 Å². The molecule has 0 aliphatic rings. The van der Waals surface area contributed by atoms with Crippen molar-refractivity contribution in [2.45, 2.75) is 26.2 Å². The standard InChI is InChI=1S/C21H21ClN4O2/c1-21(2,3)14-7-5-6-13(10-14)18-24-19(26-20(25-18)28-4)15-11-12(17(23)27)8-9-16(15)22/h5-11H,1-4H3,(H2,23,27). The summed E-state index contributed by atoms with van der Waals surface area (Å²) >= 11 is 6.32. The summed E-state index contributed by atoms with van der Waals surface area (Å²) in [7, 11) is 1.48.